The average molecular weight is 473 g/mol. The SMILES string of the molecule is CCCCCCCCc1cnc(-c2ccc(-c3ccc(C(CCCCC)C(=O)O)cc3)cc2)nc1. The lowest BCUT2D eigenvalue weighted by Gasteiger charge is -2.13. The molecule has 4 nitrogen and oxygen atoms in total. The number of hydrogen-bond donors (Lipinski definition) is 1. The van der Waals surface area contributed by atoms with Gasteiger partial charge in [0.05, 0.1) is 5.92 Å². The van der Waals surface area contributed by atoms with E-state index in [2.05, 4.69) is 48.1 Å². The van der Waals surface area contributed by atoms with E-state index in [1.54, 1.807) is 0 Å². The van der Waals surface area contributed by atoms with Crippen LogP contribution in [0, 0.1) is 0 Å². The van der Waals surface area contributed by atoms with Crippen LogP contribution in [0.4, 0.5) is 0 Å². The van der Waals surface area contributed by atoms with Crippen LogP contribution in [0.25, 0.3) is 22.5 Å². The molecule has 0 fully saturated rings. The molecule has 0 saturated heterocycles. The molecular weight excluding hydrogens is 432 g/mol. The van der Waals surface area contributed by atoms with Crippen molar-refractivity contribution in [2.75, 3.05) is 0 Å². The van der Waals surface area contributed by atoms with Crippen molar-refractivity contribution in [1.29, 1.82) is 0 Å². The second-order valence-corrected chi connectivity index (χ2v) is 9.52. The Morgan fingerprint density at radius 3 is 1.83 bits per heavy atom. The number of benzene rings is 2. The Labute approximate surface area is 210 Å². The second-order valence-electron chi connectivity index (χ2n) is 9.52. The number of nitrogens with zero attached hydrogens (tertiary/aromatic N) is 2. The molecule has 35 heavy (non-hydrogen) atoms. The van der Waals surface area contributed by atoms with E-state index < -0.39 is 11.9 Å². The maximum Gasteiger partial charge on any atom is 0.310 e. The standard InChI is InChI=1S/C31H40N2O2/c1-3-5-7-8-9-11-12-24-22-32-30(33-23-24)28-20-16-26(17-21-28)25-14-18-27(19-15-25)29(31(34)35)13-10-6-4-2/h14-23,29H,3-13H2,1-2H3,(H,34,35). The van der Waals surface area contributed by atoms with Crippen LogP contribution in [-0.2, 0) is 11.2 Å². The zero-order valence-corrected chi connectivity index (χ0v) is 21.4. The monoisotopic (exact) mass is 472 g/mol. The van der Waals surface area contributed by atoms with Crippen molar-refractivity contribution in [2.24, 2.45) is 0 Å². The molecule has 2 aromatic carbocycles. The van der Waals surface area contributed by atoms with Crippen molar-refractivity contribution in [1.82, 2.24) is 9.97 Å². The molecule has 0 aliphatic carbocycles. The van der Waals surface area contributed by atoms with Gasteiger partial charge in [-0.05, 0) is 41.5 Å². The quantitative estimate of drug-likeness (QED) is 0.225. The molecule has 1 unspecified atom stereocenters. The van der Waals surface area contributed by atoms with Gasteiger partial charge in [-0.1, -0.05) is 114 Å². The molecule has 0 radical (unpaired) electrons. The molecule has 0 saturated carbocycles. The van der Waals surface area contributed by atoms with Gasteiger partial charge in [-0.25, -0.2) is 9.97 Å². The maximum atomic E-state index is 11.7. The summed E-state index contributed by atoms with van der Waals surface area (Å²) in [4.78, 5) is 20.9. The van der Waals surface area contributed by atoms with Crippen LogP contribution in [0.3, 0.4) is 0 Å². The van der Waals surface area contributed by atoms with Crippen molar-refractivity contribution in [3.8, 4) is 22.5 Å². The molecule has 0 aliphatic heterocycles. The van der Waals surface area contributed by atoms with Crippen molar-refractivity contribution in [3.05, 3.63) is 72.1 Å². The molecule has 1 aromatic heterocycles. The second kappa shape index (κ2) is 14.4. The Balaban J connectivity index is 1.58. The normalized spacial score (nSPS) is 11.9. The van der Waals surface area contributed by atoms with Crippen molar-refractivity contribution in [3.63, 3.8) is 0 Å². The number of rotatable bonds is 15. The van der Waals surface area contributed by atoms with Gasteiger partial charge < -0.3 is 5.11 Å². The molecule has 1 atom stereocenters. The van der Waals surface area contributed by atoms with E-state index in [0.29, 0.717) is 6.42 Å². The summed E-state index contributed by atoms with van der Waals surface area (Å²) in [5.74, 6) is -0.426. The first kappa shape index (κ1) is 26.6. The van der Waals surface area contributed by atoms with Crippen LogP contribution in [0.5, 0.6) is 0 Å². The Morgan fingerprint density at radius 2 is 1.23 bits per heavy atom. The largest absolute Gasteiger partial charge is 0.481 e. The topological polar surface area (TPSA) is 63.1 Å². The van der Waals surface area contributed by atoms with Crippen LogP contribution in [-0.4, -0.2) is 21.0 Å². The molecule has 4 heteroatoms. The zero-order valence-electron chi connectivity index (χ0n) is 21.4. The van der Waals surface area contributed by atoms with Gasteiger partial charge in [0.15, 0.2) is 5.82 Å². The summed E-state index contributed by atoms with van der Waals surface area (Å²) in [5.41, 5.74) is 5.25. The van der Waals surface area contributed by atoms with Gasteiger partial charge in [-0.3, -0.25) is 4.79 Å². The lowest BCUT2D eigenvalue weighted by molar-refractivity contribution is -0.139. The Hall–Kier alpha value is -3.01. The third-order valence-corrected chi connectivity index (χ3v) is 6.71. The number of aryl methyl sites for hydroxylation is 1. The molecule has 3 rings (SSSR count). The minimum atomic E-state index is -0.740. The summed E-state index contributed by atoms with van der Waals surface area (Å²) in [7, 11) is 0. The number of unbranched alkanes of at least 4 members (excludes halogenated alkanes) is 7. The number of aliphatic carboxylic acids is 1. The Kier molecular flexibility index (Phi) is 10.9. The molecule has 0 amide bonds. The molecule has 0 bridgehead atoms. The molecule has 1 N–H and O–H groups in total. The number of carboxylic acid groups (broad SMARTS) is 1. The van der Waals surface area contributed by atoms with E-state index in [4.69, 9.17) is 0 Å². The highest BCUT2D eigenvalue weighted by Gasteiger charge is 2.19. The van der Waals surface area contributed by atoms with Gasteiger partial charge in [0, 0.05) is 18.0 Å². The minimum Gasteiger partial charge on any atom is -0.481 e. The predicted octanol–water partition coefficient (Wildman–Crippen LogP) is 8.46. The van der Waals surface area contributed by atoms with E-state index in [1.165, 1.54) is 44.1 Å². The molecule has 186 valence electrons. The zero-order chi connectivity index (χ0) is 24.9. The van der Waals surface area contributed by atoms with Crippen molar-refractivity contribution < 1.29 is 9.90 Å². The first-order valence-corrected chi connectivity index (χ1v) is 13.4. The van der Waals surface area contributed by atoms with Crippen LogP contribution >= 0.6 is 0 Å². The lowest BCUT2D eigenvalue weighted by atomic mass is 9.91. The Morgan fingerprint density at radius 1 is 0.714 bits per heavy atom. The molecule has 1 heterocycles. The van der Waals surface area contributed by atoms with Gasteiger partial charge in [-0.2, -0.15) is 0 Å². The fraction of sp³-hybridized carbons (Fsp3) is 0.452. The summed E-state index contributed by atoms with van der Waals surface area (Å²) < 4.78 is 0. The van der Waals surface area contributed by atoms with E-state index in [9.17, 15) is 9.90 Å². The van der Waals surface area contributed by atoms with E-state index >= 15 is 0 Å². The molecule has 0 spiro atoms. The smallest absolute Gasteiger partial charge is 0.310 e. The highest BCUT2D eigenvalue weighted by molar-refractivity contribution is 5.76. The van der Waals surface area contributed by atoms with E-state index in [1.807, 2.05) is 36.7 Å². The average Bonchev–Trinajstić information content (AvgIpc) is 2.89. The van der Waals surface area contributed by atoms with Crippen LogP contribution in [0.2, 0.25) is 0 Å². The molecule has 0 aliphatic rings. The fourth-order valence-electron chi connectivity index (χ4n) is 4.49. The summed E-state index contributed by atoms with van der Waals surface area (Å²) in [5, 5.41) is 9.64. The third kappa shape index (κ3) is 8.31. The number of carbonyl (C=O) groups is 1. The first-order chi connectivity index (χ1) is 17.1. The molecule has 3 aromatic rings. The fourth-order valence-corrected chi connectivity index (χ4v) is 4.49. The Bertz CT molecular complexity index is 1010. The van der Waals surface area contributed by atoms with Gasteiger partial charge in [0.1, 0.15) is 0 Å². The van der Waals surface area contributed by atoms with Crippen LogP contribution in [0.1, 0.15) is 95.1 Å². The number of hydrogen-bond acceptors (Lipinski definition) is 3. The van der Waals surface area contributed by atoms with Gasteiger partial charge in [0.25, 0.3) is 0 Å². The predicted molar refractivity (Wildman–Crippen MR) is 145 cm³/mol. The van der Waals surface area contributed by atoms with Gasteiger partial charge >= 0.3 is 5.97 Å². The minimum absolute atomic E-state index is 0.431. The van der Waals surface area contributed by atoms with Gasteiger partial charge in [-0.15, -0.1) is 0 Å². The van der Waals surface area contributed by atoms with Crippen molar-refractivity contribution in [2.45, 2.75) is 90.4 Å². The first-order valence-electron chi connectivity index (χ1n) is 13.4. The summed E-state index contributed by atoms with van der Waals surface area (Å²) in [6.45, 7) is 4.38. The number of aromatic nitrogens is 2. The van der Waals surface area contributed by atoms with E-state index in [0.717, 1.165) is 53.8 Å². The number of carboxylic acids is 1. The summed E-state index contributed by atoms with van der Waals surface area (Å²) in [6.07, 6.45) is 16.5. The highest BCUT2D eigenvalue weighted by Crippen LogP contribution is 2.28. The van der Waals surface area contributed by atoms with Crippen molar-refractivity contribution >= 4 is 5.97 Å². The van der Waals surface area contributed by atoms with Gasteiger partial charge in [0.2, 0.25) is 0 Å². The summed E-state index contributed by atoms with van der Waals surface area (Å²) in [6, 6.07) is 16.2. The van der Waals surface area contributed by atoms with Crippen LogP contribution in [0.15, 0.2) is 60.9 Å². The third-order valence-electron chi connectivity index (χ3n) is 6.71. The van der Waals surface area contributed by atoms with Crippen LogP contribution < -0.4 is 0 Å². The van der Waals surface area contributed by atoms with E-state index in [-0.39, 0.29) is 0 Å². The molecular formula is C31H40N2O2. The lowest BCUT2D eigenvalue weighted by Crippen LogP contribution is -2.11. The maximum absolute atomic E-state index is 11.7. The summed E-state index contributed by atoms with van der Waals surface area (Å²) >= 11 is 0. The highest BCUT2D eigenvalue weighted by atomic mass is 16.4.